The smallest absolute Gasteiger partial charge is 0.309 e. The minimum Gasteiger partial charge on any atom is -0.497 e. The Morgan fingerprint density at radius 2 is 2.12 bits per heavy atom. The van der Waals surface area contributed by atoms with Crippen LogP contribution in [0.3, 0.4) is 0 Å². The number of carboxylic acid groups (broad SMARTS) is 1. The van der Waals surface area contributed by atoms with Crippen molar-refractivity contribution in [3.05, 3.63) is 28.5 Å². The minimum atomic E-state index is -1.06. The van der Waals surface area contributed by atoms with Crippen molar-refractivity contribution in [2.24, 2.45) is 5.41 Å². The molecule has 0 aliphatic heterocycles. The fourth-order valence-electron chi connectivity index (χ4n) is 1.42. The van der Waals surface area contributed by atoms with Gasteiger partial charge in [0.25, 0.3) is 0 Å². The van der Waals surface area contributed by atoms with Crippen molar-refractivity contribution in [2.45, 2.75) is 20.3 Å². The number of methoxy groups -OCH3 is 1. The summed E-state index contributed by atoms with van der Waals surface area (Å²) in [6.45, 7) is 3.06. The fraction of sp³-hybridized carbons (Fsp3) is 0.417. The van der Waals surface area contributed by atoms with Gasteiger partial charge in [-0.1, -0.05) is 11.6 Å². The number of aliphatic carboxylic acids is 1. The highest BCUT2D eigenvalue weighted by Crippen LogP contribution is 2.30. The van der Waals surface area contributed by atoms with Crippen LogP contribution in [0.2, 0.25) is 5.02 Å². The molecule has 1 aromatic carbocycles. The number of halogens is 2. The molecule has 1 N–H and O–H groups in total. The summed E-state index contributed by atoms with van der Waals surface area (Å²) in [5.41, 5.74) is -0.821. The van der Waals surface area contributed by atoms with Gasteiger partial charge in [0.15, 0.2) is 0 Å². The number of hydrogen-bond acceptors (Lipinski definition) is 2. The van der Waals surface area contributed by atoms with Crippen molar-refractivity contribution in [3.8, 4) is 5.75 Å². The van der Waals surface area contributed by atoms with E-state index in [1.165, 1.54) is 33.1 Å². The van der Waals surface area contributed by atoms with Gasteiger partial charge in [-0.2, -0.15) is 0 Å². The maximum atomic E-state index is 13.7. The number of benzene rings is 1. The molecule has 0 bridgehead atoms. The maximum absolute atomic E-state index is 13.7. The van der Waals surface area contributed by atoms with E-state index in [1.54, 1.807) is 0 Å². The van der Waals surface area contributed by atoms with E-state index in [1.807, 2.05) is 0 Å². The third-order valence-corrected chi connectivity index (χ3v) is 2.80. The first-order valence-electron chi connectivity index (χ1n) is 5.03. The molecule has 1 rings (SSSR count). The Labute approximate surface area is 104 Å². The van der Waals surface area contributed by atoms with Crippen molar-refractivity contribution in [1.82, 2.24) is 0 Å². The second-order valence-corrected chi connectivity index (χ2v) is 4.86. The third-order valence-electron chi connectivity index (χ3n) is 2.52. The Hall–Kier alpha value is -1.29. The van der Waals surface area contributed by atoms with Gasteiger partial charge in [-0.3, -0.25) is 4.79 Å². The number of hydrogen-bond donors (Lipinski definition) is 1. The number of ether oxygens (including phenoxy) is 1. The fourth-order valence-corrected chi connectivity index (χ4v) is 1.65. The molecule has 0 aliphatic rings. The average Bonchev–Trinajstić information content (AvgIpc) is 2.23. The lowest BCUT2D eigenvalue weighted by atomic mass is 9.85. The molecule has 0 atom stereocenters. The summed E-state index contributed by atoms with van der Waals surface area (Å²) in [6, 6.07) is 2.82. The molecule has 0 fully saturated rings. The summed E-state index contributed by atoms with van der Waals surface area (Å²) in [7, 11) is 1.44. The predicted molar refractivity (Wildman–Crippen MR) is 63.1 cm³/mol. The van der Waals surface area contributed by atoms with E-state index < -0.39 is 17.2 Å². The van der Waals surface area contributed by atoms with E-state index in [2.05, 4.69) is 0 Å². The molecular formula is C12H14ClFO3. The normalized spacial score (nSPS) is 11.4. The Morgan fingerprint density at radius 1 is 1.53 bits per heavy atom. The van der Waals surface area contributed by atoms with Crippen LogP contribution in [0.4, 0.5) is 4.39 Å². The maximum Gasteiger partial charge on any atom is 0.309 e. The monoisotopic (exact) mass is 260 g/mol. The van der Waals surface area contributed by atoms with Gasteiger partial charge in [0.1, 0.15) is 11.6 Å². The molecule has 0 spiro atoms. The van der Waals surface area contributed by atoms with Crippen molar-refractivity contribution in [3.63, 3.8) is 0 Å². The Balaban J connectivity index is 3.14. The highest BCUT2D eigenvalue weighted by atomic mass is 35.5. The van der Waals surface area contributed by atoms with Gasteiger partial charge in [0, 0.05) is 6.07 Å². The highest BCUT2D eigenvalue weighted by molar-refractivity contribution is 6.31. The van der Waals surface area contributed by atoms with Crippen LogP contribution in [-0.2, 0) is 11.2 Å². The van der Waals surface area contributed by atoms with Gasteiger partial charge in [0.05, 0.1) is 17.5 Å². The van der Waals surface area contributed by atoms with Crippen LogP contribution in [0.1, 0.15) is 19.4 Å². The Morgan fingerprint density at radius 3 is 2.59 bits per heavy atom. The average molecular weight is 261 g/mol. The molecule has 0 saturated heterocycles. The summed E-state index contributed by atoms with van der Waals surface area (Å²) in [6.07, 6.45) is 0.0467. The first-order chi connectivity index (χ1) is 7.77. The van der Waals surface area contributed by atoms with Crippen molar-refractivity contribution >= 4 is 17.6 Å². The van der Waals surface area contributed by atoms with Crippen LogP contribution < -0.4 is 4.74 Å². The van der Waals surface area contributed by atoms with Gasteiger partial charge >= 0.3 is 5.97 Å². The summed E-state index contributed by atoms with van der Waals surface area (Å²) < 4.78 is 18.7. The lowest BCUT2D eigenvalue weighted by molar-refractivity contribution is -0.146. The number of carboxylic acids is 1. The summed E-state index contributed by atoms with van der Waals surface area (Å²) in [4.78, 5) is 11.0. The van der Waals surface area contributed by atoms with Crippen molar-refractivity contribution in [1.29, 1.82) is 0 Å². The van der Waals surface area contributed by atoms with Crippen LogP contribution >= 0.6 is 11.6 Å². The SMILES string of the molecule is COc1cc(Cl)c(F)c(CC(C)(C)C(=O)O)c1. The summed E-state index contributed by atoms with van der Waals surface area (Å²) in [5.74, 6) is -1.18. The molecule has 3 nitrogen and oxygen atoms in total. The predicted octanol–water partition coefficient (Wildman–Crippen LogP) is 3.14. The molecule has 5 heteroatoms. The zero-order chi connectivity index (χ0) is 13.2. The molecule has 94 valence electrons. The first kappa shape index (κ1) is 13.8. The van der Waals surface area contributed by atoms with Crippen LogP contribution in [0.15, 0.2) is 12.1 Å². The second-order valence-electron chi connectivity index (χ2n) is 4.45. The van der Waals surface area contributed by atoms with Crippen molar-refractivity contribution in [2.75, 3.05) is 7.11 Å². The second kappa shape index (κ2) is 4.92. The van der Waals surface area contributed by atoms with Gasteiger partial charge in [-0.15, -0.1) is 0 Å². The minimum absolute atomic E-state index is 0.0467. The van der Waals surface area contributed by atoms with E-state index in [-0.39, 0.29) is 17.0 Å². The van der Waals surface area contributed by atoms with Gasteiger partial charge < -0.3 is 9.84 Å². The molecule has 17 heavy (non-hydrogen) atoms. The quantitative estimate of drug-likeness (QED) is 0.905. The van der Waals surface area contributed by atoms with Crippen LogP contribution in [0, 0.1) is 11.2 Å². The molecule has 1 aromatic rings. The molecule has 0 radical (unpaired) electrons. The van der Waals surface area contributed by atoms with E-state index in [9.17, 15) is 9.18 Å². The topological polar surface area (TPSA) is 46.5 Å². The molecule has 0 saturated carbocycles. The molecule has 0 unspecified atom stereocenters. The zero-order valence-electron chi connectivity index (χ0n) is 9.88. The van der Waals surface area contributed by atoms with E-state index in [0.29, 0.717) is 5.75 Å². The molecule has 0 aromatic heterocycles. The van der Waals surface area contributed by atoms with Crippen LogP contribution in [0.25, 0.3) is 0 Å². The van der Waals surface area contributed by atoms with E-state index in [4.69, 9.17) is 21.4 Å². The molecular weight excluding hydrogens is 247 g/mol. The number of carbonyl (C=O) groups is 1. The standard InChI is InChI=1S/C12H14ClFO3/c1-12(2,11(15)16)6-7-4-8(17-3)5-9(13)10(7)14/h4-5H,6H2,1-3H3,(H,15,16). The van der Waals surface area contributed by atoms with Gasteiger partial charge in [-0.05, 0) is 31.9 Å². The molecule has 0 aliphatic carbocycles. The Bertz CT molecular complexity index is 444. The van der Waals surface area contributed by atoms with Crippen LogP contribution in [-0.4, -0.2) is 18.2 Å². The van der Waals surface area contributed by atoms with Gasteiger partial charge in [-0.25, -0.2) is 4.39 Å². The lowest BCUT2D eigenvalue weighted by Gasteiger charge is -2.20. The summed E-state index contributed by atoms with van der Waals surface area (Å²) >= 11 is 5.70. The molecule has 0 heterocycles. The largest absolute Gasteiger partial charge is 0.497 e. The highest BCUT2D eigenvalue weighted by Gasteiger charge is 2.29. The van der Waals surface area contributed by atoms with Crippen LogP contribution in [0.5, 0.6) is 5.75 Å². The number of rotatable bonds is 4. The van der Waals surface area contributed by atoms with E-state index >= 15 is 0 Å². The van der Waals surface area contributed by atoms with E-state index in [0.717, 1.165) is 0 Å². The first-order valence-corrected chi connectivity index (χ1v) is 5.41. The molecule has 0 amide bonds. The lowest BCUT2D eigenvalue weighted by Crippen LogP contribution is -2.26. The summed E-state index contributed by atoms with van der Waals surface area (Å²) in [5, 5.41) is 8.93. The van der Waals surface area contributed by atoms with Crippen molar-refractivity contribution < 1.29 is 19.0 Å². The Kier molecular flexibility index (Phi) is 3.98. The zero-order valence-corrected chi connectivity index (χ0v) is 10.6. The van der Waals surface area contributed by atoms with Gasteiger partial charge in [0.2, 0.25) is 0 Å². The third kappa shape index (κ3) is 3.09.